The fourth-order valence-corrected chi connectivity index (χ4v) is 4.64. The van der Waals surface area contributed by atoms with E-state index in [9.17, 15) is 0 Å². The van der Waals surface area contributed by atoms with E-state index in [1.165, 1.54) is 16.4 Å². The van der Waals surface area contributed by atoms with Crippen molar-refractivity contribution in [3.05, 3.63) is 58.7 Å². The molecule has 1 aliphatic heterocycles. The van der Waals surface area contributed by atoms with E-state index < -0.39 is 0 Å². The fraction of sp³-hybridized carbons (Fsp3) is 0.273. The number of halogens is 1. The number of rotatable bonds is 6. The van der Waals surface area contributed by atoms with Crippen LogP contribution in [0.5, 0.6) is 5.75 Å². The number of hydrogen-bond donors (Lipinski definition) is 3. The Bertz CT molecular complexity index is 1060. The molecule has 0 amide bonds. The van der Waals surface area contributed by atoms with Gasteiger partial charge in [-0.25, -0.2) is 4.98 Å². The summed E-state index contributed by atoms with van der Waals surface area (Å²) >= 11 is 6.39. The van der Waals surface area contributed by atoms with Crippen molar-refractivity contribution in [2.24, 2.45) is 0 Å². The first kappa shape index (κ1) is 20.9. The summed E-state index contributed by atoms with van der Waals surface area (Å²) in [4.78, 5) is 8.98. The number of benzene rings is 2. The molecule has 0 saturated carbocycles. The van der Waals surface area contributed by atoms with E-state index in [0.717, 1.165) is 36.6 Å². The molecular weight excluding hydrogens is 417 g/mol. The molecule has 0 radical (unpaired) electrons. The van der Waals surface area contributed by atoms with E-state index in [4.69, 9.17) is 16.3 Å². The first-order chi connectivity index (χ1) is 14.5. The molecule has 2 aromatic carbocycles. The van der Waals surface area contributed by atoms with Gasteiger partial charge in [-0.2, -0.15) is 4.98 Å². The third kappa shape index (κ3) is 4.51. The first-order valence-corrected chi connectivity index (χ1v) is 12.4. The Kier molecular flexibility index (Phi) is 6.38. The van der Waals surface area contributed by atoms with Crippen LogP contribution in [0, 0.1) is 0 Å². The molecule has 156 valence electrons. The molecule has 4 rings (SSSR count). The van der Waals surface area contributed by atoms with Crippen molar-refractivity contribution in [1.29, 1.82) is 0 Å². The van der Waals surface area contributed by atoms with Gasteiger partial charge in [0.15, 0.2) is 5.82 Å². The number of methoxy groups -OCH3 is 1. The lowest BCUT2D eigenvalue weighted by Gasteiger charge is -2.20. The van der Waals surface area contributed by atoms with Crippen LogP contribution < -0.4 is 26.0 Å². The molecule has 3 aromatic rings. The first-order valence-electron chi connectivity index (χ1n) is 9.78. The summed E-state index contributed by atoms with van der Waals surface area (Å²) in [5, 5.41) is 11.8. The van der Waals surface area contributed by atoms with E-state index in [2.05, 4.69) is 63.5 Å². The average molecular weight is 442 g/mol. The standard InChI is InChI=1S/C22H25ClN5OP/c1-29-19-11-14-8-9-24-12-15(14)10-18(19)27-22-25-13-16(23)21(28-22)26-17-6-4-5-7-20(17)30(2)3/h4-7,10-11,13,24H,8-9,12H2,1-3H3,(H2,25,26,27,28). The van der Waals surface area contributed by atoms with Crippen molar-refractivity contribution in [3.8, 4) is 5.75 Å². The quantitative estimate of drug-likeness (QED) is 0.484. The second-order valence-corrected chi connectivity index (χ2v) is 9.98. The minimum absolute atomic E-state index is 0.268. The molecule has 8 heteroatoms. The normalized spacial score (nSPS) is 13.1. The SMILES string of the molecule is COc1cc2c(cc1Nc1ncc(Cl)c(Nc3ccccc3P(C)C)n1)CNCC2. The van der Waals surface area contributed by atoms with Crippen molar-refractivity contribution in [3.63, 3.8) is 0 Å². The van der Waals surface area contributed by atoms with Gasteiger partial charge in [-0.1, -0.05) is 37.7 Å². The van der Waals surface area contributed by atoms with Gasteiger partial charge >= 0.3 is 0 Å². The highest BCUT2D eigenvalue weighted by Crippen LogP contribution is 2.34. The number of hydrogen-bond acceptors (Lipinski definition) is 6. The Morgan fingerprint density at radius 3 is 2.73 bits per heavy atom. The predicted molar refractivity (Wildman–Crippen MR) is 127 cm³/mol. The number of ether oxygens (including phenoxy) is 1. The highest BCUT2D eigenvalue weighted by atomic mass is 35.5. The van der Waals surface area contributed by atoms with Gasteiger partial charge < -0.3 is 20.7 Å². The molecule has 1 aromatic heterocycles. The second-order valence-electron chi connectivity index (χ2n) is 7.30. The lowest BCUT2D eigenvalue weighted by Crippen LogP contribution is -2.23. The Hall–Kier alpha value is -2.40. The molecule has 0 aliphatic carbocycles. The van der Waals surface area contributed by atoms with Crippen LogP contribution in [0.2, 0.25) is 5.02 Å². The summed E-state index contributed by atoms with van der Waals surface area (Å²) in [5.74, 6) is 1.80. The number of fused-ring (bicyclic) bond motifs is 1. The monoisotopic (exact) mass is 441 g/mol. The van der Waals surface area contributed by atoms with Gasteiger partial charge in [0.2, 0.25) is 5.95 Å². The lowest BCUT2D eigenvalue weighted by molar-refractivity contribution is 0.415. The highest BCUT2D eigenvalue weighted by molar-refractivity contribution is 7.64. The van der Waals surface area contributed by atoms with Gasteiger partial charge in [0.1, 0.15) is 10.8 Å². The number of nitrogens with zero attached hydrogens (tertiary/aromatic N) is 2. The third-order valence-corrected chi connectivity index (χ3v) is 6.67. The van der Waals surface area contributed by atoms with Crippen LogP contribution in [-0.4, -0.2) is 37.0 Å². The van der Waals surface area contributed by atoms with Crippen molar-refractivity contribution in [2.75, 3.05) is 37.6 Å². The zero-order chi connectivity index (χ0) is 21.1. The summed E-state index contributed by atoms with van der Waals surface area (Å²) in [6.45, 7) is 6.27. The molecule has 2 heterocycles. The number of para-hydroxylation sites is 1. The Balaban J connectivity index is 1.63. The van der Waals surface area contributed by atoms with Crippen LogP contribution in [0.1, 0.15) is 11.1 Å². The number of anilines is 4. The summed E-state index contributed by atoms with van der Waals surface area (Å²) in [5.41, 5.74) is 4.41. The van der Waals surface area contributed by atoms with Crippen LogP contribution in [-0.2, 0) is 13.0 Å². The van der Waals surface area contributed by atoms with Gasteiger partial charge in [0, 0.05) is 12.2 Å². The molecule has 0 unspecified atom stereocenters. The molecule has 1 aliphatic rings. The minimum Gasteiger partial charge on any atom is -0.495 e. The molecule has 0 fully saturated rings. The minimum atomic E-state index is -0.268. The van der Waals surface area contributed by atoms with Crippen molar-refractivity contribution >= 4 is 48.0 Å². The number of aromatic nitrogens is 2. The maximum absolute atomic E-state index is 6.39. The van der Waals surface area contributed by atoms with Crippen molar-refractivity contribution in [2.45, 2.75) is 13.0 Å². The molecule has 6 nitrogen and oxygen atoms in total. The van der Waals surface area contributed by atoms with Gasteiger partial charge in [0.05, 0.1) is 19.0 Å². The van der Waals surface area contributed by atoms with E-state index in [1.807, 2.05) is 12.1 Å². The smallest absolute Gasteiger partial charge is 0.229 e. The Morgan fingerprint density at radius 1 is 1.10 bits per heavy atom. The van der Waals surface area contributed by atoms with Crippen LogP contribution in [0.15, 0.2) is 42.6 Å². The Labute approximate surface area is 183 Å². The molecular formula is C22H25ClN5OP. The van der Waals surface area contributed by atoms with E-state index >= 15 is 0 Å². The zero-order valence-corrected chi connectivity index (χ0v) is 18.9. The lowest BCUT2D eigenvalue weighted by atomic mass is 10.00. The summed E-state index contributed by atoms with van der Waals surface area (Å²) in [6.07, 6.45) is 2.60. The molecule has 3 N–H and O–H groups in total. The topological polar surface area (TPSA) is 71.1 Å². The van der Waals surface area contributed by atoms with Crippen molar-refractivity contribution < 1.29 is 4.74 Å². The fourth-order valence-electron chi connectivity index (χ4n) is 3.51. The second kappa shape index (κ2) is 9.17. The Morgan fingerprint density at radius 2 is 1.93 bits per heavy atom. The summed E-state index contributed by atoms with van der Waals surface area (Å²) < 4.78 is 5.60. The van der Waals surface area contributed by atoms with E-state index in [0.29, 0.717) is 16.8 Å². The van der Waals surface area contributed by atoms with Crippen LogP contribution in [0.4, 0.5) is 23.1 Å². The number of nitrogens with one attached hydrogen (secondary N) is 3. The summed E-state index contributed by atoms with van der Waals surface area (Å²) in [7, 11) is 1.41. The third-order valence-electron chi connectivity index (χ3n) is 5.04. The molecule has 0 saturated heterocycles. The zero-order valence-electron chi connectivity index (χ0n) is 17.3. The van der Waals surface area contributed by atoms with Gasteiger partial charge in [-0.3, -0.25) is 0 Å². The van der Waals surface area contributed by atoms with Crippen LogP contribution in [0.3, 0.4) is 0 Å². The molecule has 0 bridgehead atoms. The average Bonchev–Trinajstić information content (AvgIpc) is 2.75. The summed E-state index contributed by atoms with van der Waals surface area (Å²) in [6, 6.07) is 12.4. The maximum Gasteiger partial charge on any atom is 0.229 e. The largest absolute Gasteiger partial charge is 0.495 e. The van der Waals surface area contributed by atoms with Crippen LogP contribution in [0.25, 0.3) is 0 Å². The highest BCUT2D eigenvalue weighted by Gasteiger charge is 2.16. The molecule has 0 atom stereocenters. The maximum atomic E-state index is 6.39. The van der Waals surface area contributed by atoms with Crippen molar-refractivity contribution in [1.82, 2.24) is 15.3 Å². The van der Waals surface area contributed by atoms with Gasteiger partial charge in [-0.05, 0) is 60.9 Å². The van der Waals surface area contributed by atoms with Gasteiger partial charge in [-0.15, -0.1) is 0 Å². The van der Waals surface area contributed by atoms with Crippen LogP contribution >= 0.6 is 19.5 Å². The molecule has 30 heavy (non-hydrogen) atoms. The van der Waals surface area contributed by atoms with E-state index in [-0.39, 0.29) is 7.92 Å². The van der Waals surface area contributed by atoms with Gasteiger partial charge in [0.25, 0.3) is 0 Å². The molecule has 0 spiro atoms. The predicted octanol–water partition coefficient (Wildman–Crippen LogP) is 4.64. The van der Waals surface area contributed by atoms with E-state index in [1.54, 1.807) is 13.3 Å².